The van der Waals surface area contributed by atoms with Crippen molar-refractivity contribution >= 4 is 46.4 Å². The SMILES string of the molecule is COc1ccc(C2=[N+](/N=C(\[O-])C(Cl)(Cl)Cl)C(CON3C(C)(C)CCCC3(C)C)CC2(C)C)cc1. The number of piperidine rings is 1. The third kappa shape index (κ3) is 5.84. The van der Waals surface area contributed by atoms with Crippen LogP contribution in [0.1, 0.15) is 72.8 Å². The summed E-state index contributed by atoms with van der Waals surface area (Å²) < 4.78 is 4.87. The van der Waals surface area contributed by atoms with E-state index >= 15 is 0 Å². The van der Waals surface area contributed by atoms with E-state index in [2.05, 4.69) is 51.7 Å². The molecule has 0 saturated carbocycles. The van der Waals surface area contributed by atoms with E-state index in [1.165, 1.54) is 0 Å². The van der Waals surface area contributed by atoms with Gasteiger partial charge in [0.25, 0.3) is 0 Å². The first-order chi connectivity index (χ1) is 15.6. The van der Waals surface area contributed by atoms with Crippen LogP contribution in [0.25, 0.3) is 0 Å². The lowest BCUT2D eigenvalue weighted by Crippen LogP contribution is -2.58. The molecule has 1 aromatic rings. The number of hydroxylamine groups is 2. The number of nitrogens with zero attached hydrogens (tertiary/aromatic N) is 3. The van der Waals surface area contributed by atoms with Crippen LogP contribution in [0.2, 0.25) is 0 Å². The Morgan fingerprint density at radius 3 is 2.15 bits per heavy atom. The van der Waals surface area contributed by atoms with E-state index < -0.39 is 9.69 Å². The smallest absolute Gasteiger partial charge is 0.224 e. The van der Waals surface area contributed by atoms with Gasteiger partial charge in [-0.1, -0.05) is 39.5 Å². The predicted molar refractivity (Wildman–Crippen MR) is 137 cm³/mol. The van der Waals surface area contributed by atoms with E-state index in [0.717, 1.165) is 42.7 Å². The van der Waals surface area contributed by atoms with Crippen LogP contribution in [-0.2, 0) is 4.84 Å². The number of hydrazone groups is 1. The number of halogens is 3. The van der Waals surface area contributed by atoms with Crippen molar-refractivity contribution in [3.8, 4) is 5.75 Å². The average molecular weight is 533 g/mol. The second-order valence-corrected chi connectivity index (χ2v) is 13.4. The number of hydrogen-bond donors (Lipinski definition) is 0. The van der Waals surface area contributed by atoms with Gasteiger partial charge in [-0.15, -0.1) is 0 Å². The summed E-state index contributed by atoms with van der Waals surface area (Å²) in [6.45, 7) is 13.4. The first-order valence-electron chi connectivity index (χ1n) is 11.7. The molecule has 0 radical (unpaired) electrons. The van der Waals surface area contributed by atoms with E-state index in [1.54, 1.807) is 11.8 Å². The molecule has 190 valence electrons. The monoisotopic (exact) mass is 531 g/mol. The summed E-state index contributed by atoms with van der Waals surface area (Å²) in [6.07, 6.45) is 3.98. The van der Waals surface area contributed by atoms with Crippen molar-refractivity contribution in [3.05, 3.63) is 29.8 Å². The Hall–Kier alpha value is -1.05. The molecule has 2 aliphatic heterocycles. The molecule has 34 heavy (non-hydrogen) atoms. The molecule has 6 nitrogen and oxygen atoms in total. The molecular formula is C25H36Cl3N3O3. The second-order valence-electron chi connectivity index (χ2n) is 11.1. The summed E-state index contributed by atoms with van der Waals surface area (Å²) >= 11 is 17.7. The van der Waals surface area contributed by atoms with E-state index in [4.69, 9.17) is 44.4 Å². The Kier molecular flexibility index (Phi) is 7.92. The Labute approximate surface area is 218 Å². The fourth-order valence-corrected chi connectivity index (χ4v) is 5.55. The summed E-state index contributed by atoms with van der Waals surface area (Å²) in [5.74, 6) is -0.0831. The van der Waals surface area contributed by atoms with Crippen LogP contribution < -0.4 is 9.84 Å². The van der Waals surface area contributed by atoms with Crippen LogP contribution in [0.3, 0.4) is 0 Å². The molecule has 1 aromatic carbocycles. The molecule has 1 unspecified atom stereocenters. The summed E-state index contributed by atoms with van der Waals surface area (Å²) in [7, 11) is 1.62. The highest BCUT2D eigenvalue weighted by Crippen LogP contribution is 2.40. The van der Waals surface area contributed by atoms with Crippen molar-refractivity contribution in [2.75, 3.05) is 13.7 Å². The number of benzene rings is 1. The molecule has 1 saturated heterocycles. The maximum Gasteiger partial charge on any atom is 0.224 e. The number of alkyl halides is 3. The van der Waals surface area contributed by atoms with Crippen molar-refractivity contribution in [3.63, 3.8) is 0 Å². The number of ether oxygens (including phenoxy) is 1. The first kappa shape index (κ1) is 27.5. The van der Waals surface area contributed by atoms with Gasteiger partial charge in [-0.25, -0.2) is 0 Å². The predicted octanol–water partition coefficient (Wildman–Crippen LogP) is 5.31. The Morgan fingerprint density at radius 2 is 1.65 bits per heavy atom. The Morgan fingerprint density at radius 1 is 1.09 bits per heavy atom. The molecular weight excluding hydrogens is 497 g/mol. The van der Waals surface area contributed by atoms with Gasteiger partial charge in [0.2, 0.25) is 15.5 Å². The van der Waals surface area contributed by atoms with Crippen LogP contribution in [0.15, 0.2) is 29.4 Å². The molecule has 1 atom stereocenters. The van der Waals surface area contributed by atoms with E-state index in [1.807, 2.05) is 24.3 Å². The number of methoxy groups -OCH3 is 1. The normalized spacial score (nSPS) is 25.0. The van der Waals surface area contributed by atoms with Gasteiger partial charge in [0.15, 0.2) is 0 Å². The van der Waals surface area contributed by atoms with Crippen LogP contribution in [0.4, 0.5) is 0 Å². The topological polar surface area (TPSA) is 60.1 Å². The van der Waals surface area contributed by atoms with E-state index in [9.17, 15) is 5.11 Å². The largest absolute Gasteiger partial charge is 0.855 e. The van der Waals surface area contributed by atoms with Crippen molar-refractivity contribution < 1.29 is 19.4 Å². The highest BCUT2D eigenvalue weighted by Gasteiger charge is 2.50. The Bertz CT molecular complexity index is 934. The van der Waals surface area contributed by atoms with Gasteiger partial charge in [-0.3, -0.25) is 4.84 Å². The fourth-order valence-electron chi connectivity index (χ4n) is 5.44. The molecule has 0 spiro atoms. The van der Waals surface area contributed by atoms with Crippen molar-refractivity contribution in [1.29, 1.82) is 0 Å². The molecule has 2 aliphatic rings. The standard InChI is InChI=1S/C25H36Cl3N3O3/c1-22(2)15-18(16-34-31-23(3,4)13-8-14-24(31,5)6)30(29-21(32)25(26,27)28)20(22)17-9-11-19(33-7)12-10-17/h9-12,18H,8,13-16H2,1-7H3. The minimum absolute atomic E-state index is 0.103. The van der Waals surface area contributed by atoms with Crippen LogP contribution in [0.5, 0.6) is 5.75 Å². The number of rotatable bonds is 6. The molecule has 0 aliphatic carbocycles. The quantitative estimate of drug-likeness (QED) is 0.215. The highest BCUT2D eigenvalue weighted by molar-refractivity contribution is 6.75. The van der Waals surface area contributed by atoms with Gasteiger partial charge in [-0.05, 0) is 90.2 Å². The Balaban J connectivity index is 2.03. The third-order valence-corrected chi connectivity index (χ3v) is 7.32. The van der Waals surface area contributed by atoms with Crippen LogP contribution in [0, 0.1) is 5.41 Å². The highest BCUT2D eigenvalue weighted by atomic mass is 35.6. The van der Waals surface area contributed by atoms with Crippen molar-refractivity contribution in [2.24, 2.45) is 10.5 Å². The van der Waals surface area contributed by atoms with Gasteiger partial charge in [-0.2, -0.15) is 5.06 Å². The van der Waals surface area contributed by atoms with Crippen LogP contribution >= 0.6 is 34.8 Å². The maximum atomic E-state index is 12.7. The first-order valence-corrected chi connectivity index (χ1v) is 12.8. The second kappa shape index (κ2) is 9.78. The zero-order chi connectivity index (χ0) is 25.5. The van der Waals surface area contributed by atoms with Gasteiger partial charge in [0, 0.05) is 23.1 Å². The molecule has 0 bridgehead atoms. The molecule has 9 heteroatoms. The summed E-state index contributed by atoms with van der Waals surface area (Å²) in [4.78, 5) is 6.50. The molecule has 1 fully saturated rings. The lowest BCUT2D eigenvalue weighted by Gasteiger charge is -2.51. The fraction of sp³-hybridized carbons (Fsp3) is 0.680. The van der Waals surface area contributed by atoms with E-state index in [-0.39, 0.29) is 22.5 Å². The molecule has 0 aromatic heterocycles. The minimum atomic E-state index is -2.14. The molecule has 2 heterocycles. The molecule has 0 N–H and O–H groups in total. The third-order valence-electron chi connectivity index (χ3n) is 6.84. The lowest BCUT2D eigenvalue weighted by molar-refractivity contribution is -0.575. The summed E-state index contributed by atoms with van der Waals surface area (Å²) in [5, 5.41) is 19.1. The van der Waals surface area contributed by atoms with E-state index in [0.29, 0.717) is 6.61 Å². The van der Waals surface area contributed by atoms with Gasteiger partial charge in [0.05, 0.1) is 18.4 Å². The molecule has 0 amide bonds. The summed E-state index contributed by atoms with van der Waals surface area (Å²) in [5.41, 5.74) is 1.30. The minimum Gasteiger partial charge on any atom is -0.855 e. The number of hydrogen-bond acceptors (Lipinski definition) is 5. The van der Waals surface area contributed by atoms with Gasteiger partial charge < -0.3 is 9.84 Å². The maximum absolute atomic E-state index is 12.7. The zero-order valence-corrected chi connectivity index (χ0v) is 23.4. The summed E-state index contributed by atoms with van der Waals surface area (Å²) in [6, 6.07) is 7.47. The van der Waals surface area contributed by atoms with Gasteiger partial charge >= 0.3 is 0 Å². The average Bonchev–Trinajstić information content (AvgIpc) is 2.95. The molecule has 3 rings (SSSR count). The lowest BCUT2D eigenvalue weighted by atomic mass is 9.81. The van der Waals surface area contributed by atoms with Crippen molar-refractivity contribution in [2.45, 2.75) is 88.1 Å². The van der Waals surface area contributed by atoms with Crippen LogP contribution in [-0.4, -0.2) is 56.0 Å². The van der Waals surface area contributed by atoms with Gasteiger partial charge in [0.1, 0.15) is 12.4 Å². The zero-order valence-electron chi connectivity index (χ0n) is 21.1. The van der Waals surface area contributed by atoms with Crippen molar-refractivity contribution in [1.82, 2.24) is 5.06 Å².